The number of aliphatic hydroxyl groups excluding tert-OH is 1. The van der Waals surface area contributed by atoms with E-state index in [0.29, 0.717) is 13.0 Å². The second-order valence-electron chi connectivity index (χ2n) is 11.4. The van der Waals surface area contributed by atoms with Gasteiger partial charge in [-0.2, -0.15) is 0 Å². The molecular weight excluding hydrogens is 456 g/mol. The maximum absolute atomic E-state index is 13.3. The van der Waals surface area contributed by atoms with Gasteiger partial charge >= 0.3 is 0 Å². The van der Waals surface area contributed by atoms with Crippen LogP contribution in [0.4, 0.5) is 0 Å². The van der Waals surface area contributed by atoms with Gasteiger partial charge in [-0.05, 0) is 43.0 Å². The molecule has 2 aromatic carbocycles. The molecule has 0 bridgehead atoms. The van der Waals surface area contributed by atoms with E-state index in [1.807, 2.05) is 63.2 Å². The molecule has 8 heteroatoms. The molecule has 2 unspecified atom stereocenters. The molecule has 1 aliphatic heterocycles. The fourth-order valence-corrected chi connectivity index (χ4v) is 4.38. The molecule has 1 fully saturated rings. The molecule has 36 heavy (non-hydrogen) atoms. The van der Waals surface area contributed by atoms with E-state index in [1.165, 1.54) is 0 Å². The van der Waals surface area contributed by atoms with E-state index < -0.39 is 35.0 Å². The maximum Gasteiger partial charge on any atom is 0.243 e. The number of carbonyl (C=O) groups is 3. The lowest BCUT2D eigenvalue weighted by Gasteiger charge is -2.31. The van der Waals surface area contributed by atoms with E-state index in [2.05, 4.69) is 10.6 Å². The average Bonchev–Trinajstić information content (AvgIpc) is 3.30. The average molecular weight is 497 g/mol. The SMILES string of the molecule is CC(C)(C)C(=O)N1CCCC1C(=O)N[C@H](Cc1ccc2ccccc2c1)C(=O)NCC(O)C(C)(C)N. The zero-order chi connectivity index (χ0) is 26.7. The lowest BCUT2D eigenvalue weighted by molar-refractivity contribution is -0.145. The Labute approximate surface area is 213 Å². The standard InChI is InChI=1S/C28H40N4O4/c1-27(2,3)26(36)32-14-8-11-22(32)25(35)31-21(24(34)30-17-23(33)28(4,5)29)16-18-12-13-19-9-6-7-10-20(19)15-18/h6-7,9-10,12-13,15,21-23,33H,8,11,14,16-17,29H2,1-5H3,(H,30,34)(H,31,35)/t21-,22?,23?/m1/s1. The molecule has 1 saturated heterocycles. The summed E-state index contributed by atoms with van der Waals surface area (Å²) < 4.78 is 0. The van der Waals surface area contributed by atoms with Gasteiger partial charge in [-0.15, -0.1) is 0 Å². The number of carbonyl (C=O) groups excluding carboxylic acids is 3. The molecule has 2 aromatic rings. The number of benzene rings is 2. The second kappa shape index (κ2) is 11.0. The van der Waals surface area contributed by atoms with Crippen LogP contribution >= 0.6 is 0 Å². The van der Waals surface area contributed by atoms with Gasteiger partial charge in [-0.25, -0.2) is 0 Å². The van der Waals surface area contributed by atoms with E-state index in [0.717, 1.165) is 22.8 Å². The third-order valence-corrected chi connectivity index (χ3v) is 6.67. The van der Waals surface area contributed by atoms with Gasteiger partial charge < -0.3 is 26.4 Å². The summed E-state index contributed by atoms with van der Waals surface area (Å²) in [5, 5.41) is 18.0. The Morgan fingerprint density at radius 2 is 1.75 bits per heavy atom. The number of fused-ring (bicyclic) bond motifs is 1. The zero-order valence-corrected chi connectivity index (χ0v) is 22.0. The second-order valence-corrected chi connectivity index (χ2v) is 11.4. The lowest BCUT2D eigenvalue weighted by Crippen LogP contribution is -2.57. The van der Waals surface area contributed by atoms with Crippen molar-refractivity contribution in [1.82, 2.24) is 15.5 Å². The highest BCUT2D eigenvalue weighted by atomic mass is 16.3. The molecule has 0 saturated carbocycles. The lowest BCUT2D eigenvalue weighted by atomic mass is 9.94. The van der Waals surface area contributed by atoms with Gasteiger partial charge in [0.1, 0.15) is 12.1 Å². The van der Waals surface area contributed by atoms with E-state index in [9.17, 15) is 19.5 Å². The van der Waals surface area contributed by atoms with Crippen LogP contribution in [0.25, 0.3) is 10.8 Å². The first-order valence-electron chi connectivity index (χ1n) is 12.6. The molecule has 0 aromatic heterocycles. The van der Waals surface area contributed by atoms with Crippen LogP contribution in [0, 0.1) is 5.41 Å². The van der Waals surface area contributed by atoms with Crippen LogP contribution < -0.4 is 16.4 Å². The fourth-order valence-electron chi connectivity index (χ4n) is 4.38. The first kappa shape index (κ1) is 27.6. The highest BCUT2D eigenvalue weighted by molar-refractivity contribution is 5.93. The maximum atomic E-state index is 13.3. The quantitative estimate of drug-likeness (QED) is 0.446. The van der Waals surface area contributed by atoms with Crippen molar-refractivity contribution in [2.24, 2.45) is 11.1 Å². The largest absolute Gasteiger partial charge is 0.389 e. The summed E-state index contributed by atoms with van der Waals surface area (Å²) in [5.41, 5.74) is 5.35. The van der Waals surface area contributed by atoms with Gasteiger partial charge in [0.15, 0.2) is 0 Å². The van der Waals surface area contributed by atoms with Crippen molar-refractivity contribution < 1.29 is 19.5 Å². The summed E-state index contributed by atoms with van der Waals surface area (Å²) in [7, 11) is 0. The van der Waals surface area contributed by atoms with Crippen molar-refractivity contribution in [3.8, 4) is 0 Å². The van der Waals surface area contributed by atoms with E-state index >= 15 is 0 Å². The summed E-state index contributed by atoms with van der Waals surface area (Å²) in [6.45, 7) is 9.35. The number of nitrogens with one attached hydrogen (secondary N) is 2. The smallest absolute Gasteiger partial charge is 0.243 e. The van der Waals surface area contributed by atoms with Crippen molar-refractivity contribution in [3.63, 3.8) is 0 Å². The molecule has 3 atom stereocenters. The number of nitrogens with zero attached hydrogens (tertiary/aromatic N) is 1. The first-order valence-corrected chi connectivity index (χ1v) is 12.6. The molecule has 196 valence electrons. The van der Waals surface area contributed by atoms with Gasteiger partial charge in [0.05, 0.1) is 6.10 Å². The monoisotopic (exact) mass is 496 g/mol. The van der Waals surface area contributed by atoms with Crippen molar-refractivity contribution in [3.05, 3.63) is 48.0 Å². The molecule has 5 N–H and O–H groups in total. The minimum absolute atomic E-state index is 0.0372. The minimum Gasteiger partial charge on any atom is -0.389 e. The summed E-state index contributed by atoms with van der Waals surface area (Å²) in [4.78, 5) is 41.1. The summed E-state index contributed by atoms with van der Waals surface area (Å²) in [6.07, 6.45) is 0.607. The topological polar surface area (TPSA) is 125 Å². The molecule has 0 aliphatic carbocycles. The van der Waals surface area contributed by atoms with Gasteiger partial charge in [0, 0.05) is 30.5 Å². The number of likely N-dealkylation sites (tertiary alicyclic amines) is 1. The van der Waals surface area contributed by atoms with Gasteiger partial charge in [-0.3, -0.25) is 14.4 Å². The molecule has 0 spiro atoms. The Morgan fingerprint density at radius 3 is 2.39 bits per heavy atom. The number of aliphatic hydroxyl groups is 1. The number of rotatable bonds is 8. The molecule has 1 aliphatic rings. The van der Waals surface area contributed by atoms with Crippen LogP contribution in [0.2, 0.25) is 0 Å². The highest BCUT2D eigenvalue weighted by Crippen LogP contribution is 2.26. The Hall–Kier alpha value is -2.97. The highest BCUT2D eigenvalue weighted by Gasteiger charge is 2.39. The third kappa shape index (κ3) is 6.83. The Bertz CT molecular complexity index is 1100. The van der Waals surface area contributed by atoms with E-state index in [-0.39, 0.29) is 24.8 Å². The summed E-state index contributed by atoms with van der Waals surface area (Å²) >= 11 is 0. The van der Waals surface area contributed by atoms with E-state index in [4.69, 9.17) is 5.73 Å². The molecular formula is C28H40N4O4. The van der Waals surface area contributed by atoms with Crippen molar-refractivity contribution in [2.45, 2.75) is 77.6 Å². The predicted molar refractivity (Wildman–Crippen MR) is 141 cm³/mol. The van der Waals surface area contributed by atoms with Crippen molar-refractivity contribution in [2.75, 3.05) is 13.1 Å². The number of nitrogens with two attached hydrogens (primary N) is 1. The molecule has 1 heterocycles. The zero-order valence-electron chi connectivity index (χ0n) is 22.0. The molecule has 0 radical (unpaired) electrons. The van der Waals surface area contributed by atoms with Crippen molar-refractivity contribution >= 4 is 28.5 Å². The van der Waals surface area contributed by atoms with E-state index in [1.54, 1.807) is 18.7 Å². The van der Waals surface area contributed by atoms with Crippen LogP contribution in [-0.2, 0) is 20.8 Å². The summed E-state index contributed by atoms with van der Waals surface area (Å²) in [5.74, 6) is -0.832. The van der Waals surface area contributed by atoms with Gasteiger partial charge in [0.25, 0.3) is 0 Å². The first-order chi connectivity index (χ1) is 16.8. The van der Waals surface area contributed by atoms with Crippen LogP contribution in [0.15, 0.2) is 42.5 Å². The predicted octanol–water partition coefficient (Wildman–Crippen LogP) is 2.12. The Balaban J connectivity index is 1.80. The number of hydrogen-bond acceptors (Lipinski definition) is 5. The Kier molecular flexibility index (Phi) is 8.41. The van der Waals surface area contributed by atoms with Crippen LogP contribution in [0.3, 0.4) is 0 Å². The van der Waals surface area contributed by atoms with Gasteiger partial charge in [0.2, 0.25) is 17.7 Å². The molecule has 3 amide bonds. The van der Waals surface area contributed by atoms with Crippen LogP contribution in [0.5, 0.6) is 0 Å². The van der Waals surface area contributed by atoms with Crippen molar-refractivity contribution in [1.29, 1.82) is 0 Å². The Morgan fingerprint density at radius 1 is 1.08 bits per heavy atom. The minimum atomic E-state index is -0.951. The van der Waals surface area contributed by atoms with Crippen LogP contribution in [0.1, 0.15) is 53.0 Å². The third-order valence-electron chi connectivity index (χ3n) is 6.67. The van der Waals surface area contributed by atoms with Crippen LogP contribution in [-0.4, -0.2) is 64.5 Å². The normalized spacial score (nSPS) is 18.1. The number of amides is 3. The molecule has 3 rings (SSSR count). The fraction of sp³-hybridized carbons (Fsp3) is 0.536. The van der Waals surface area contributed by atoms with Gasteiger partial charge in [-0.1, -0.05) is 63.2 Å². The summed E-state index contributed by atoms with van der Waals surface area (Å²) in [6, 6.07) is 12.4. The number of hydrogen-bond donors (Lipinski definition) is 4. The molecule has 8 nitrogen and oxygen atoms in total.